The van der Waals surface area contributed by atoms with E-state index in [1.165, 1.54) is 0 Å². The van der Waals surface area contributed by atoms with Crippen molar-refractivity contribution in [2.24, 2.45) is 5.92 Å². The molecule has 2 amide bonds. The van der Waals surface area contributed by atoms with Crippen molar-refractivity contribution >= 4 is 11.7 Å². The van der Waals surface area contributed by atoms with Crippen molar-refractivity contribution in [2.75, 3.05) is 18.5 Å². The van der Waals surface area contributed by atoms with Crippen molar-refractivity contribution in [3.63, 3.8) is 0 Å². The summed E-state index contributed by atoms with van der Waals surface area (Å²) in [6.45, 7) is 6.97. The van der Waals surface area contributed by atoms with Crippen LogP contribution in [0.25, 0.3) is 0 Å². The molecule has 0 bridgehead atoms. The summed E-state index contributed by atoms with van der Waals surface area (Å²) < 4.78 is 0. The number of aryl methyl sites for hydroxylation is 2. The van der Waals surface area contributed by atoms with E-state index in [2.05, 4.69) is 24.5 Å². The monoisotopic (exact) mass is 292 g/mol. The van der Waals surface area contributed by atoms with E-state index in [0.29, 0.717) is 12.5 Å². The summed E-state index contributed by atoms with van der Waals surface area (Å²) in [7, 11) is 0. The summed E-state index contributed by atoms with van der Waals surface area (Å²) in [6, 6.07) is 5.88. The second-order valence-electron chi connectivity index (χ2n) is 5.46. The fourth-order valence-corrected chi connectivity index (χ4v) is 2.54. The SMILES string of the molecule is CCCC(CCO)CNC(=O)Nc1c(C)cccc1CC. The van der Waals surface area contributed by atoms with Crippen molar-refractivity contribution in [3.8, 4) is 0 Å². The summed E-state index contributed by atoms with van der Waals surface area (Å²) in [5, 5.41) is 14.9. The van der Waals surface area contributed by atoms with Crippen LogP contribution in [0.1, 0.15) is 44.2 Å². The minimum atomic E-state index is -0.168. The Bertz CT molecular complexity index is 440. The maximum atomic E-state index is 12.1. The number of nitrogens with one attached hydrogen (secondary N) is 2. The number of urea groups is 1. The van der Waals surface area contributed by atoms with Gasteiger partial charge in [0.05, 0.1) is 0 Å². The van der Waals surface area contributed by atoms with Crippen LogP contribution in [0.4, 0.5) is 10.5 Å². The third kappa shape index (κ3) is 5.76. The predicted molar refractivity (Wildman–Crippen MR) is 87.7 cm³/mol. The van der Waals surface area contributed by atoms with Crippen LogP contribution in [0.15, 0.2) is 18.2 Å². The predicted octanol–water partition coefficient (Wildman–Crippen LogP) is 3.48. The molecule has 0 aliphatic carbocycles. The molecule has 4 heteroatoms. The van der Waals surface area contributed by atoms with E-state index < -0.39 is 0 Å². The molecule has 1 aromatic carbocycles. The Kier molecular flexibility index (Phi) is 7.83. The number of carbonyl (C=O) groups excluding carboxylic acids is 1. The van der Waals surface area contributed by atoms with E-state index in [-0.39, 0.29) is 12.6 Å². The first-order chi connectivity index (χ1) is 10.1. The first kappa shape index (κ1) is 17.5. The number of amides is 2. The lowest BCUT2D eigenvalue weighted by Crippen LogP contribution is -2.33. The molecule has 0 aromatic heterocycles. The number of rotatable bonds is 8. The Labute approximate surface area is 128 Å². The Morgan fingerprint density at radius 2 is 2.05 bits per heavy atom. The summed E-state index contributed by atoms with van der Waals surface area (Å²) in [5.41, 5.74) is 3.13. The first-order valence-corrected chi connectivity index (χ1v) is 7.86. The normalized spacial score (nSPS) is 12.0. The van der Waals surface area contributed by atoms with Gasteiger partial charge < -0.3 is 15.7 Å². The first-order valence-electron chi connectivity index (χ1n) is 7.86. The number of aliphatic hydroxyl groups excluding tert-OH is 1. The number of hydrogen-bond acceptors (Lipinski definition) is 2. The van der Waals surface area contributed by atoms with Crippen molar-refractivity contribution in [2.45, 2.75) is 46.5 Å². The van der Waals surface area contributed by atoms with Crippen LogP contribution in [0.3, 0.4) is 0 Å². The van der Waals surface area contributed by atoms with Crippen molar-refractivity contribution in [1.29, 1.82) is 0 Å². The number of carbonyl (C=O) groups is 1. The Balaban J connectivity index is 2.57. The topological polar surface area (TPSA) is 61.4 Å². The van der Waals surface area contributed by atoms with Gasteiger partial charge in [-0.3, -0.25) is 0 Å². The molecule has 0 spiro atoms. The van der Waals surface area contributed by atoms with Gasteiger partial charge in [0.2, 0.25) is 0 Å². The van der Waals surface area contributed by atoms with Crippen LogP contribution in [0.5, 0.6) is 0 Å². The van der Waals surface area contributed by atoms with Crippen LogP contribution in [0.2, 0.25) is 0 Å². The molecule has 1 unspecified atom stereocenters. The van der Waals surface area contributed by atoms with Gasteiger partial charge in [0, 0.05) is 18.8 Å². The number of anilines is 1. The molecule has 0 radical (unpaired) electrons. The van der Waals surface area contributed by atoms with Gasteiger partial charge in [-0.05, 0) is 43.2 Å². The fraction of sp³-hybridized carbons (Fsp3) is 0.588. The molecule has 118 valence electrons. The molecule has 4 nitrogen and oxygen atoms in total. The molecule has 0 aliphatic heterocycles. The highest BCUT2D eigenvalue weighted by Crippen LogP contribution is 2.20. The van der Waals surface area contributed by atoms with Gasteiger partial charge in [-0.15, -0.1) is 0 Å². The van der Waals surface area contributed by atoms with Crippen LogP contribution in [0, 0.1) is 12.8 Å². The van der Waals surface area contributed by atoms with E-state index in [1.807, 2.05) is 25.1 Å². The molecule has 1 aromatic rings. The smallest absolute Gasteiger partial charge is 0.319 e. The zero-order chi connectivity index (χ0) is 15.7. The highest BCUT2D eigenvalue weighted by atomic mass is 16.3. The zero-order valence-corrected chi connectivity index (χ0v) is 13.4. The zero-order valence-electron chi connectivity index (χ0n) is 13.4. The second-order valence-corrected chi connectivity index (χ2v) is 5.46. The molecule has 21 heavy (non-hydrogen) atoms. The van der Waals surface area contributed by atoms with Gasteiger partial charge in [-0.1, -0.05) is 38.5 Å². The average molecular weight is 292 g/mol. The van der Waals surface area contributed by atoms with E-state index in [1.54, 1.807) is 0 Å². The number of para-hydroxylation sites is 1. The molecule has 3 N–H and O–H groups in total. The Morgan fingerprint density at radius 3 is 2.67 bits per heavy atom. The second kappa shape index (κ2) is 9.40. The average Bonchev–Trinajstić information content (AvgIpc) is 2.47. The fourth-order valence-electron chi connectivity index (χ4n) is 2.54. The van der Waals surface area contributed by atoms with Crippen molar-refractivity contribution in [3.05, 3.63) is 29.3 Å². The third-order valence-electron chi connectivity index (χ3n) is 3.76. The van der Waals surface area contributed by atoms with Gasteiger partial charge in [0.15, 0.2) is 0 Å². The highest BCUT2D eigenvalue weighted by Gasteiger charge is 2.11. The lowest BCUT2D eigenvalue weighted by Gasteiger charge is -2.17. The summed E-state index contributed by atoms with van der Waals surface area (Å²) >= 11 is 0. The largest absolute Gasteiger partial charge is 0.396 e. The molecule has 0 saturated carbocycles. The molecule has 0 saturated heterocycles. The summed E-state index contributed by atoms with van der Waals surface area (Å²) in [5.74, 6) is 0.341. The van der Waals surface area contributed by atoms with Gasteiger partial charge >= 0.3 is 6.03 Å². The van der Waals surface area contributed by atoms with E-state index >= 15 is 0 Å². The number of benzene rings is 1. The molecule has 0 aliphatic rings. The minimum absolute atomic E-state index is 0.168. The Morgan fingerprint density at radius 1 is 1.29 bits per heavy atom. The number of hydrogen-bond donors (Lipinski definition) is 3. The third-order valence-corrected chi connectivity index (χ3v) is 3.76. The van der Waals surface area contributed by atoms with Crippen LogP contribution in [-0.2, 0) is 6.42 Å². The summed E-state index contributed by atoms with van der Waals surface area (Å²) in [6.07, 6.45) is 3.70. The Hall–Kier alpha value is -1.55. The molecule has 0 fully saturated rings. The van der Waals surface area contributed by atoms with Gasteiger partial charge in [0.25, 0.3) is 0 Å². The van der Waals surface area contributed by atoms with Crippen molar-refractivity contribution < 1.29 is 9.90 Å². The standard InChI is InChI=1S/C17H28N2O2/c1-4-7-14(10-11-20)12-18-17(21)19-16-13(3)8-6-9-15(16)5-2/h6,8-9,14,20H,4-5,7,10-12H2,1-3H3,(H2,18,19,21). The van der Waals surface area contributed by atoms with E-state index in [9.17, 15) is 4.79 Å². The lowest BCUT2D eigenvalue weighted by molar-refractivity contribution is 0.236. The molecular weight excluding hydrogens is 264 g/mol. The van der Waals surface area contributed by atoms with Gasteiger partial charge in [-0.25, -0.2) is 4.79 Å². The lowest BCUT2D eigenvalue weighted by atomic mass is 10.0. The molecule has 1 atom stereocenters. The summed E-state index contributed by atoms with van der Waals surface area (Å²) in [4.78, 5) is 12.1. The molecular formula is C17H28N2O2. The highest BCUT2D eigenvalue weighted by molar-refractivity contribution is 5.91. The minimum Gasteiger partial charge on any atom is -0.396 e. The molecule has 1 rings (SSSR count). The van der Waals surface area contributed by atoms with E-state index in [0.717, 1.165) is 42.5 Å². The number of aliphatic hydroxyl groups is 1. The quantitative estimate of drug-likeness (QED) is 0.687. The van der Waals surface area contributed by atoms with Crippen LogP contribution < -0.4 is 10.6 Å². The van der Waals surface area contributed by atoms with Gasteiger partial charge in [-0.2, -0.15) is 0 Å². The maximum Gasteiger partial charge on any atom is 0.319 e. The van der Waals surface area contributed by atoms with E-state index in [4.69, 9.17) is 5.11 Å². The maximum absolute atomic E-state index is 12.1. The van der Waals surface area contributed by atoms with Crippen LogP contribution >= 0.6 is 0 Å². The van der Waals surface area contributed by atoms with Crippen LogP contribution in [-0.4, -0.2) is 24.3 Å². The van der Waals surface area contributed by atoms with Crippen molar-refractivity contribution in [1.82, 2.24) is 5.32 Å². The van der Waals surface area contributed by atoms with Gasteiger partial charge in [0.1, 0.15) is 0 Å². The molecule has 0 heterocycles.